The number of anilines is 2. The average molecular weight is 524 g/mol. The largest absolute Gasteiger partial charge is 0.382 e. The van der Waals surface area contributed by atoms with Gasteiger partial charge in [0.2, 0.25) is 0 Å². The van der Waals surface area contributed by atoms with Crippen molar-refractivity contribution >= 4 is 33.3 Å². The number of aromatic amines is 2. The van der Waals surface area contributed by atoms with Crippen LogP contribution in [0.15, 0.2) is 65.7 Å². The first kappa shape index (κ1) is 23.8. The van der Waals surface area contributed by atoms with Crippen LogP contribution in [0.2, 0.25) is 0 Å². The molecule has 8 rings (SSSR count). The van der Waals surface area contributed by atoms with Gasteiger partial charge in [-0.25, -0.2) is 9.37 Å². The molecule has 5 aromatic rings. The Bertz CT molecular complexity index is 1670. The number of fused-ring (bicyclic) bond motifs is 5. The summed E-state index contributed by atoms with van der Waals surface area (Å²) in [6.45, 7) is 3.67. The number of imidazole rings is 1. The zero-order valence-electron chi connectivity index (χ0n) is 21.5. The number of nitrogens with one attached hydrogen (secondary N) is 4. The summed E-state index contributed by atoms with van der Waals surface area (Å²) in [5.74, 6) is 0.626. The monoisotopic (exact) mass is 523 g/mol. The van der Waals surface area contributed by atoms with E-state index >= 15 is 4.39 Å². The molecule has 3 aliphatic heterocycles. The Morgan fingerprint density at radius 1 is 1.05 bits per heavy atom. The van der Waals surface area contributed by atoms with Crippen molar-refractivity contribution in [3.8, 4) is 11.4 Å². The zero-order valence-corrected chi connectivity index (χ0v) is 21.5. The van der Waals surface area contributed by atoms with Crippen LogP contribution in [0.5, 0.6) is 0 Å². The third-order valence-corrected chi connectivity index (χ3v) is 8.17. The minimum absolute atomic E-state index is 0.181. The third kappa shape index (κ3) is 4.52. The molecule has 0 amide bonds. The van der Waals surface area contributed by atoms with Crippen LogP contribution in [0.1, 0.15) is 18.4 Å². The molecule has 0 unspecified atom stereocenters. The van der Waals surface area contributed by atoms with Crippen LogP contribution in [0, 0.1) is 11.7 Å². The van der Waals surface area contributed by atoms with Crippen LogP contribution >= 0.6 is 0 Å². The van der Waals surface area contributed by atoms with E-state index in [9.17, 15) is 4.79 Å². The molecule has 39 heavy (non-hydrogen) atoms. The van der Waals surface area contributed by atoms with E-state index < -0.39 is 0 Å². The van der Waals surface area contributed by atoms with Gasteiger partial charge in [0, 0.05) is 36.9 Å². The van der Waals surface area contributed by atoms with Crippen molar-refractivity contribution in [3.63, 3.8) is 0 Å². The highest BCUT2D eigenvalue weighted by atomic mass is 19.1. The predicted octanol–water partition coefficient (Wildman–Crippen LogP) is 4.77. The summed E-state index contributed by atoms with van der Waals surface area (Å²) in [4.78, 5) is 31.3. The van der Waals surface area contributed by atoms with E-state index in [0.29, 0.717) is 52.5 Å². The quantitative estimate of drug-likeness (QED) is 0.245. The van der Waals surface area contributed by atoms with Gasteiger partial charge in [0.1, 0.15) is 17.2 Å². The number of aromatic nitrogens is 4. The first-order valence-corrected chi connectivity index (χ1v) is 13.6. The van der Waals surface area contributed by atoms with Gasteiger partial charge in [0.15, 0.2) is 0 Å². The summed E-state index contributed by atoms with van der Waals surface area (Å²) >= 11 is 0. The maximum atomic E-state index is 15.5. The minimum Gasteiger partial charge on any atom is -0.382 e. The number of benzene rings is 2. The van der Waals surface area contributed by atoms with Gasteiger partial charge in [0.05, 0.1) is 27.9 Å². The van der Waals surface area contributed by atoms with Crippen LogP contribution < -0.4 is 16.2 Å². The fourth-order valence-electron chi connectivity index (χ4n) is 6.10. The van der Waals surface area contributed by atoms with Crippen molar-refractivity contribution in [2.45, 2.75) is 25.3 Å². The summed E-state index contributed by atoms with van der Waals surface area (Å²) in [5, 5.41) is 7.53. The number of pyridine rings is 2. The molecule has 4 N–H and O–H groups in total. The van der Waals surface area contributed by atoms with Crippen molar-refractivity contribution in [2.75, 3.05) is 36.8 Å². The summed E-state index contributed by atoms with van der Waals surface area (Å²) < 4.78 is 15.5. The lowest BCUT2D eigenvalue weighted by atomic mass is 9.83. The minimum atomic E-state index is -0.367. The van der Waals surface area contributed by atoms with Gasteiger partial charge in [-0.2, -0.15) is 0 Å². The van der Waals surface area contributed by atoms with Crippen molar-refractivity contribution in [1.29, 1.82) is 0 Å². The molecular formula is C30H30FN7O. The molecule has 3 aliphatic rings. The number of halogens is 1. The number of hydrogen-bond acceptors (Lipinski definition) is 6. The normalized spacial score (nSPS) is 20.5. The number of piperidine rings is 3. The maximum Gasteiger partial charge on any atom is 0.261 e. The highest BCUT2D eigenvalue weighted by Gasteiger charge is 2.35. The number of H-pyrrole nitrogens is 2. The lowest BCUT2D eigenvalue weighted by Gasteiger charge is -2.45. The smallest absolute Gasteiger partial charge is 0.261 e. The van der Waals surface area contributed by atoms with Crippen molar-refractivity contribution in [3.05, 3.63) is 82.7 Å². The molecule has 8 nitrogen and oxygen atoms in total. The number of nitrogens with zero attached hydrogens (tertiary/aromatic N) is 3. The molecule has 3 saturated heterocycles. The van der Waals surface area contributed by atoms with Crippen molar-refractivity contribution in [1.82, 2.24) is 24.8 Å². The standard InChI is InChI=1S/C30H30FN7O/c31-21-14-20-24(15-25(21)33-11-7-18-4-3-10-32-16-18)37-30(39)27(29-35-22-5-1-2-6-23(22)36-29)28(20)34-26-17-38-12-8-19(26)9-13-38/h1-6,10,14-16,19,26,33H,7-9,11-13,17H2,(H,35,36)(H2,34,37,39)/t26-/m0/s1. The molecule has 198 valence electrons. The van der Waals surface area contributed by atoms with Crippen LogP contribution in [0.4, 0.5) is 15.8 Å². The summed E-state index contributed by atoms with van der Waals surface area (Å²) in [7, 11) is 0. The van der Waals surface area contributed by atoms with Crippen LogP contribution in [-0.4, -0.2) is 57.1 Å². The van der Waals surface area contributed by atoms with Crippen molar-refractivity contribution in [2.24, 2.45) is 5.92 Å². The molecule has 0 spiro atoms. The molecule has 2 bridgehead atoms. The molecule has 2 aromatic carbocycles. The first-order chi connectivity index (χ1) is 19.1. The molecule has 6 heterocycles. The van der Waals surface area contributed by atoms with Gasteiger partial charge < -0.3 is 25.5 Å². The van der Waals surface area contributed by atoms with Crippen LogP contribution in [0.3, 0.4) is 0 Å². The summed E-state index contributed by atoms with van der Waals surface area (Å²) in [6.07, 6.45) is 6.49. The molecule has 1 atom stereocenters. The molecule has 0 aliphatic carbocycles. The lowest BCUT2D eigenvalue weighted by molar-refractivity contribution is 0.0976. The molecule has 3 fully saturated rings. The van der Waals surface area contributed by atoms with E-state index in [4.69, 9.17) is 4.98 Å². The van der Waals surface area contributed by atoms with E-state index in [1.807, 2.05) is 42.6 Å². The molecule has 0 radical (unpaired) electrons. The Kier molecular flexibility index (Phi) is 6.00. The fraction of sp³-hybridized carbons (Fsp3) is 0.300. The summed E-state index contributed by atoms with van der Waals surface area (Å²) in [6, 6.07) is 15.0. The van der Waals surface area contributed by atoms with Gasteiger partial charge in [-0.3, -0.25) is 9.78 Å². The molecule has 9 heteroatoms. The lowest BCUT2D eigenvalue weighted by Crippen LogP contribution is -2.53. The van der Waals surface area contributed by atoms with Gasteiger partial charge >= 0.3 is 0 Å². The fourth-order valence-corrected chi connectivity index (χ4v) is 6.10. The first-order valence-electron chi connectivity index (χ1n) is 13.6. The number of hydrogen-bond donors (Lipinski definition) is 4. The SMILES string of the molecule is O=c1[nH]c2cc(NCCc3cccnc3)c(F)cc2c(N[C@H]2CN3CCC2CC3)c1-c1nc2ccccc2[nH]1. The van der Waals surface area contributed by atoms with Gasteiger partial charge in [-0.05, 0) is 74.2 Å². The second kappa shape index (κ2) is 9.81. The number of rotatable bonds is 7. The average Bonchev–Trinajstić information content (AvgIpc) is 3.39. The van der Waals surface area contributed by atoms with E-state index in [2.05, 4.69) is 30.5 Å². The van der Waals surface area contributed by atoms with Gasteiger partial charge in [0.25, 0.3) is 5.56 Å². The highest BCUT2D eigenvalue weighted by Crippen LogP contribution is 2.37. The van der Waals surface area contributed by atoms with Crippen LogP contribution in [-0.2, 0) is 6.42 Å². The Balaban J connectivity index is 1.30. The van der Waals surface area contributed by atoms with Crippen LogP contribution in [0.25, 0.3) is 33.3 Å². The molecular weight excluding hydrogens is 493 g/mol. The Labute approximate surface area is 224 Å². The Morgan fingerprint density at radius 2 is 1.92 bits per heavy atom. The highest BCUT2D eigenvalue weighted by molar-refractivity contribution is 6.00. The second-order valence-corrected chi connectivity index (χ2v) is 10.6. The topological polar surface area (TPSA) is 102 Å². The Morgan fingerprint density at radius 3 is 2.69 bits per heavy atom. The summed E-state index contributed by atoms with van der Waals surface area (Å²) in [5.41, 5.74) is 4.40. The van der Waals surface area contributed by atoms with E-state index in [-0.39, 0.29) is 17.4 Å². The predicted molar refractivity (Wildman–Crippen MR) is 153 cm³/mol. The van der Waals surface area contributed by atoms with Crippen molar-refractivity contribution < 1.29 is 4.39 Å². The van der Waals surface area contributed by atoms with E-state index in [0.717, 1.165) is 49.1 Å². The van der Waals surface area contributed by atoms with E-state index in [1.165, 1.54) is 6.07 Å². The Hall–Kier alpha value is -4.24. The van der Waals surface area contributed by atoms with Gasteiger partial charge in [-0.15, -0.1) is 0 Å². The zero-order chi connectivity index (χ0) is 26.3. The van der Waals surface area contributed by atoms with Gasteiger partial charge in [-0.1, -0.05) is 18.2 Å². The third-order valence-electron chi connectivity index (χ3n) is 8.17. The molecule has 0 saturated carbocycles. The second-order valence-electron chi connectivity index (χ2n) is 10.6. The number of para-hydroxylation sites is 2. The maximum absolute atomic E-state index is 15.5. The van der Waals surface area contributed by atoms with E-state index in [1.54, 1.807) is 12.3 Å². The molecule has 3 aromatic heterocycles.